The third kappa shape index (κ3) is 3.91. The Morgan fingerprint density at radius 3 is 2.92 bits per heavy atom. The molecule has 1 N–H and O–H groups in total. The number of nitrogens with zero attached hydrogens (tertiary/aromatic N) is 4. The van der Waals surface area contributed by atoms with Crippen LogP contribution in [0.15, 0.2) is 53.2 Å². The van der Waals surface area contributed by atoms with Gasteiger partial charge in [0.15, 0.2) is 0 Å². The van der Waals surface area contributed by atoms with Crippen molar-refractivity contribution in [2.45, 2.75) is 19.9 Å². The van der Waals surface area contributed by atoms with Crippen molar-refractivity contribution in [3.05, 3.63) is 60.1 Å². The molecule has 1 fully saturated rings. The van der Waals surface area contributed by atoms with Crippen LogP contribution in [0.2, 0.25) is 0 Å². The van der Waals surface area contributed by atoms with Gasteiger partial charge in [0.05, 0.1) is 6.54 Å². The average molecular weight is 349 g/mol. The fourth-order valence-corrected chi connectivity index (χ4v) is 3.38. The molecule has 6 heteroatoms. The first-order valence-corrected chi connectivity index (χ1v) is 9.04. The van der Waals surface area contributed by atoms with E-state index in [0.717, 1.165) is 36.6 Å². The third-order valence-electron chi connectivity index (χ3n) is 4.82. The van der Waals surface area contributed by atoms with E-state index in [9.17, 15) is 0 Å². The predicted octanol–water partition coefficient (Wildman–Crippen LogP) is 3.37. The summed E-state index contributed by atoms with van der Waals surface area (Å²) in [5.41, 5.74) is 2.18. The molecule has 4 rings (SSSR count). The minimum Gasteiger partial charge on any atom is -0.370 e. The van der Waals surface area contributed by atoms with Gasteiger partial charge < -0.3 is 9.84 Å². The largest absolute Gasteiger partial charge is 0.370 e. The predicted molar refractivity (Wildman–Crippen MR) is 101 cm³/mol. The second-order valence-electron chi connectivity index (χ2n) is 6.81. The van der Waals surface area contributed by atoms with E-state index in [-0.39, 0.29) is 0 Å². The summed E-state index contributed by atoms with van der Waals surface area (Å²) in [4.78, 5) is 11.3. The standard InChI is InChI=1S/C20H23N5O/c1-15-6-2-3-7-17(15)20-23-19(26-24-20)14-25-11-9-16(13-25)12-22-18-8-4-5-10-21-18/h2-8,10,16H,9,11-14H2,1H3,(H,21,22)/t16-/m1/s1. The Labute approximate surface area is 153 Å². The zero-order valence-corrected chi connectivity index (χ0v) is 14.9. The van der Waals surface area contributed by atoms with Gasteiger partial charge in [-0.05, 0) is 43.5 Å². The van der Waals surface area contributed by atoms with E-state index in [1.807, 2.05) is 42.6 Å². The molecule has 26 heavy (non-hydrogen) atoms. The molecule has 1 aromatic carbocycles. The Kier molecular flexibility index (Phi) is 4.93. The number of likely N-dealkylation sites (tertiary alicyclic amines) is 1. The van der Waals surface area contributed by atoms with Crippen molar-refractivity contribution in [2.75, 3.05) is 25.0 Å². The van der Waals surface area contributed by atoms with E-state index in [1.165, 1.54) is 6.42 Å². The Morgan fingerprint density at radius 2 is 2.08 bits per heavy atom. The number of nitrogens with one attached hydrogen (secondary N) is 1. The normalized spacial score (nSPS) is 17.5. The van der Waals surface area contributed by atoms with Gasteiger partial charge in [0.1, 0.15) is 5.82 Å². The van der Waals surface area contributed by atoms with Crippen molar-refractivity contribution >= 4 is 5.82 Å². The fourth-order valence-electron chi connectivity index (χ4n) is 3.38. The molecule has 2 aromatic heterocycles. The second kappa shape index (κ2) is 7.66. The number of rotatable bonds is 6. The molecule has 134 valence electrons. The van der Waals surface area contributed by atoms with Crippen molar-refractivity contribution < 1.29 is 4.52 Å². The summed E-state index contributed by atoms with van der Waals surface area (Å²) in [7, 11) is 0. The summed E-state index contributed by atoms with van der Waals surface area (Å²) in [6.45, 7) is 5.79. The number of aryl methyl sites for hydroxylation is 1. The van der Waals surface area contributed by atoms with Crippen LogP contribution in [0, 0.1) is 12.8 Å². The topological polar surface area (TPSA) is 67.1 Å². The molecule has 0 unspecified atom stereocenters. The first-order chi connectivity index (χ1) is 12.8. The monoisotopic (exact) mass is 349 g/mol. The highest BCUT2D eigenvalue weighted by Crippen LogP contribution is 2.22. The zero-order valence-electron chi connectivity index (χ0n) is 14.9. The Morgan fingerprint density at radius 1 is 1.19 bits per heavy atom. The van der Waals surface area contributed by atoms with E-state index in [2.05, 4.69) is 38.3 Å². The first-order valence-electron chi connectivity index (χ1n) is 9.04. The van der Waals surface area contributed by atoms with Crippen molar-refractivity contribution in [1.82, 2.24) is 20.0 Å². The van der Waals surface area contributed by atoms with Crippen LogP contribution < -0.4 is 5.32 Å². The van der Waals surface area contributed by atoms with Crippen LogP contribution in [-0.2, 0) is 6.54 Å². The lowest BCUT2D eigenvalue weighted by molar-refractivity contribution is 0.261. The summed E-state index contributed by atoms with van der Waals surface area (Å²) < 4.78 is 5.47. The van der Waals surface area contributed by atoms with Gasteiger partial charge in [-0.1, -0.05) is 35.5 Å². The summed E-state index contributed by atoms with van der Waals surface area (Å²) >= 11 is 0. The Balaban J connectivity index is 1.31. The summed E-state index contributed by atoms with van der Waals surface area (Å²) in [5, 5.41) is 7.56. The fraction of sp³-hybridized carbons (Fsp3) is 0.350. The van der Waals surface area contributed by atoms with E-state index in [4.69, 9.17) is 4.52 Å². The average Bonchev–Trinajstić information content (AvgIpc) is 3.31. The van der Waals surface area contributed by atoms with Crippen LogP contribution in [0.4, 0.5) is 5.82 Å². The number of hydrogen-bond acceptors (Lipinski definition) is 6. The molecule has 0 radical (unpaired) electrons. The molecule has 1 atom stereocenters. The zero-order chi connectivity index (χ0) is 17.8. The smallest absolute Gasteiger partial charge is 0.241 e. The Bertz CT molecular complexity index is 848. The van der Waals surface area contributed by atoms with Crippen LogP contribution in [0.5, 0.6) is 0 Å². The molecule has 0 amide bonds. The SMILES string of the molecule is Cc1ccccc1-c1noc(CN2CC[C@H](CNc3ccccn3)C2)n1. The molecule has 1 aliphatic heterocycles. The van der Waals surface area contributed by atoms with E-state index >= 15 is 0 Å². The van der Waals surface area contributed by atoms with E-state index < -0.39 is 0 Å². The van der Waals surface area contributed by atoms with Gasteiger partial charge in [-0.2, -0.15) is 4.98 Å². The van der Waals surface area contributed by atoms with Crippen molar-refractivity contribution in [1.29, 1.82) is 0 Å². The quantitative estimate of drug-likeness (QED) is 0.736. The molecule has 3 aromatic rings. The maximum Gasteiger partial charge on any atom is 0.241 e. The number of hydrogen-bond donors (Lipinski definition) is 1. The van der Waals surface area contributed by atoms with Crippen LogP contribution in [0.1, 0.15) is 17.9 Å². The molecular weight excluding hydrogens is 326 g/mol. The summed E-state index contributed by atoms with van der Waals surface area (Å²) in [6, 6.07) is 14.0. The number of pyridine rings is 1. The van der Waals surface area contributed by atoms with E-state index in [0.29, 0.717) is 24.2 Å². The maximum atomic E-state index is 5.47. The van der Waals surface area contributed by atoms with Gasteiger partial charge in [-0.25, -0.2) is 4.98 Å². The van der Waals surface area contributed by atoms with Crippen LogP contribution in [0.3, 0.4) is 0 Å². The van der Waals surface area contributed by atoms with Gasteiger partial charge in [0.25, 0.3) is 0 Å². The lowest BCUT2D eigenvalue weighted by Crippen LogP contribution is -2.23. The van der Waals surface area contributed by atoms with Crippen LogP contribution >= 0.6 is 0 Å². The van der Waals surface area contributed by atoms with Gasteiger partial charge in [0.2, 0.25) is 11.7 Å². The minimum absolute atomic E-state index is 0.607. The van der Waals surface area contributed by atoms with Gasteiger partial charge in [0, 0.05) is 24.8 Å². The minimum atomic E-state index is 0.607. The lowest BCUT2D eigenvalue weighted by atomic mass is 10.1. The third-order valence-corrected chi connectivity index (χ3v) is 4.82. The number of anilines is 1. The van der Waals surface area contributed by atoms with Crippen molar-refractivity contribution in [3.63, 3.8) is 0 Å². The number of benzene rings is 1. The molecule has 0 saturated carbocycles. The van der Waals surface area contributed by atoms with Gasteiger partial charge in [-0.3, -0.25) is 4.90 Å². The highest BCUT2D eigenvalue weighted by atomic mass is 16.5. The molecule has 1 aliphatic rings. The van der Waals surface area contributed by atoms with Crippen LogP contribution in [-0.4, -0.2) is 39.7 Å². The van der Waals surface area contributed by atoms with Gasteiger partial charge in [-0.15, -0.1) is 0 Å². The Hall–Kier alpha value is -2.73. The number of aromatic nitrogens is 3. The molecule has 1 saturated heterocycles. The second-order valence-corrected chi connectivity index (χ2v) is 6.81. The maximum absolute atomic E-state index is 5.47. The molecule has 0 spiro atoms. The first kappa shape index (κ1) is 16.7. The van der Waals surface area contributed by atoms with Crippen LogP contribution in [0.25, 0.3) is 11.4 Å². The highest BCUT2D eigenvalue weighted by molar-refractivity contribution is 5.58. The van der Waals surface area contributed by atoms with Crippen molar-refractivity contribution in [2.24, 2.45) is 5.92 Å². The summed E-state index contributed by atoms with van der Waals surface area (Å²) in [5.74, 6) is 2.90. The van der Waals surface area contributed by atoms with Crippen molar-refractivity contribution in [3.8, 4) is 11.4 Å². The van der Waals surface area contributed by atoms with Gasteiger partial charge >= 0.3 is 0 Å². The molecule has 0 bridgehead atoms. The molecular formula is C20H23N5O. The molecule has 3 heterocycles. The summed E-state index contributed by atoms with van der Waals surface area (Å²) in [6.07, 6.45) is 2.98. The molecule has 0 aliphatic carbocycles. The lowest BCUT2D eigenvalue weighted by Gasteiger charge is -2.14. The molecule has 6 nitrogen and oxygen atoms in total. The highest BCUT2D eigenvalue weighted by Gasteiger charge is 2.24. The van der Waals surface area contributed by atoms with E-state index in [1.54, 1.807) is 0 Å².